The minimum atomic E-state index is -2.62. The third-order valence-corrected chi connectivity index (χ3v) is 5.76. The fourth-order valence-electron chi connectivity index (χ4n) is 3.89. The molecule has 0 fully saturated rings. The van der Waals surface area contributed by atoms with Crippen molar-refractivity contribution < 1.29 is 13.6 Å². The predicted octanol–water partition coefficient (Wildman–Crippen LogP) is 4.49. The quantitative estimate of drug-likeness (QED) is 0.332. The number of hydrogen-bond donors (Lipinski definition) is 4. The number of nitrogens with one attached hydrogen (secondary N) is 4. The summed E-state index contributed by atoms with van der Waals surface area (Å²) in [4.78, 5) is 12.8. The molecule has 1 aromatic heterocycles. The Labute approximate surface area is 195 Å². The summed E-state index contributed by atoms with van der Waals surface area (Å²) in [6.45, 7) is 3.94. The van der Waals surface area contributed by atoms with Gasteiger partial charge in [-0.3, -0.25) is 15.6 Å². The summed E-state index contributed by atoms with van der Waals surface area (Å²) < 4.78 is 28.8. The highest BCUT2D eigenvalue weighted by Crippen LogP contribution is 2.39. The first kappa shape index (κ1) is 22.7. The van der Waals surface area contributed by atoms with E-state index in [1.54, 1.807) is 0 Å². The van der Waals surface area contributed by atoms with Crippen molar-refractivity contribution in [2.24, 2.45) is 0 Å². The van der Waals surface area contributed by atoms with Crippen LogP contribution in [-0.2, 0) is 0 Å². The summed E-state index contributed by atoms with van der Waals surface area (Å²) in [7, 11) is 0. The maximum atomic E-state index is 13.8. The molecule has 3 aromatic rings. The highest BCUT2D eigenvalue weighted by molar-refractivity contribution is 7.80. The number of aromatic nitrogens is 2. The molecule has 0 spiro atoms. The summed E-state index contributed by atoms with van der Waals surface area (Å²) in [5, 5.41) is 10.5. The van der Waals surface area contributed by atoms with Gasteiger partial charge in [-0.25, -0.2) is 13.5 Å². The molecule has 0 saturated heterocycles. The minimum absolute atomic E-state index is 0.142. The molecule has 10 heteroatoms. The van der Waals surface area contributed by atoms with E-state index in [9.17, 15) is 13.6 Å². The van der Waals surface area contributed by atoms with Crippen molar-refractivity contribution in [1.29, 1.82) is 0 Å². The zero-order valence-electron chi connectivity index (χ0n) is 18.1. The Morgan fingerprint density at radius 2 is 1.94 bits per heavy atom. The van der Waals surface area contributed by atoms with Crippen LogP contribution in [0.5, 0.6) is 0 Å². The average Bonchev–Trinajstić information content (AvgIpc) is 3.23. The number of benzene rings is 2. The zero-order valence-corrected chi connectivity index (χ0v) is 18.9. The Balaban J connectivity index is 1.47. The molecule has 2 aromatic carbocycles. The van der Waals surface area contributed by atoms with E-state index in [0.717, 1.165) is 22.4 Å². The molecule has 1 aliphatic heterocycles. The van der Waals surface area contributed by atoms with Crippen LogP contribution in [0.25, 0.3) is 0 Å². The number of aryl methyl sites for hydroxylation is 2. The van der Waals surface area contributed by atoms with Gasteiger partial charge in [0.1, 0.15) is 17.4 Å². The number of fused-ring (bicyclic) bond motifs is 1. The number of amides is 1. The standard InChI is InChI=1S/C23H24F2N6OS/c1-13-8-9-17(14(2)10-13)28-23(33)30-29-22(32)16-12-26-31-19(20(24)25)11-18(27-21(16)31)15-6-4-3-5-7-15/h3-10,12,18-20,27H,11H2,1-2H3,(H,29,32)(H2,28,30,33)/t18-,19+/m0/s1. The van der Waals surface area contributed by atoms with E-state index in [-0.39, 0.29) is 29.0 Å². The van der Waals surface area contributed by atoms with Crippen LogP contribution in [0.15, 0.2) is 54.7 Å². The van der Waals surface area contributed by atoms with E-state index in [2.05, 4.69) is 26.6 Å². The number of nitrogens with zero attached hydrogens (tertiary/aromatic N) is 2. The van der Waals surface area contributed by atoms with Crippen LogP contribution in [-0.4, -0.2) is 27.2 Å². The molecule has 0 radical (unpaired) electrons. The normalized spacial score (nSPS) is 17.1. The first-order valence-electron chi connectivity index (χ1n) is 10.4. The van der Waals surface area contributed by atoms with Gasteiger partial charge in [-0.15, -0.1) is 0 Å². The molecule has 0 saturated carbocycles. The summed E-state index contributed by atoms with van der Waals surface area (Å²) in [6.07, 6.45) is -1.19. The van der Waals surface area contributed by atoms with Gasteiger partial charge in [0.2, 0.25) is 0 Å². The molecule has 0 bridgehead atoms. The number of carbonyl (C=O) groups excluding carboxylic acids is 1. The van der Waals surface area contributed by atoms with Crippen molar-refractivity contribution in [2.75, 3.05) is 10.6 Å². The maximum absolute atomic E-state index is 13.8. The number of anilines is 2. The lowest BCUT2D eigenvalue weighted by molar-refractivity contribution is 0.0656. The Kier molecular flexibility index (Phi) is 6.55. The predicted molar refractivity (Wildman–Crippen MR) is 127 cm³/mol. The van der Waals surface area contributed by atoms with Crippen molar-refractivity contribution in [3.63, 3.8) is 0 Å². The van der Waals surface area contributed by atoms with E-state index in [4.69, 9.17) is 12.2 Å². The lowest BCUT2D eigenvalue weighted by atomic mass is 9.97. The molecular weight excluding hydrogens is 446 g/mol. The van der Waals surface area contributed by atoms with Crippen molar-refractivity contribution in [2.45, 2.75) is 38.8 Å². The summed E-state index contributed by atoms with van der Waals surface area (Å²) in [5.41, 5.74) is 9.10. The number of hydrazine groups is 1. The maximum Gasteiger partial charge on any atom is 0.275 e. The number of alkyl halides is 2. The van der Waals surface area contributed by atoms with Crippen LogP contribution in [0.1, 0.15) is 45.6 Å². The monoisotopic (exact) mass is 470 g/mol. The minimum Gasteiger partial charge on any atom is -0.363 e. The molecule has 1 amide bonds. The highest BCUT2D eigenvalue weighted by atomic mass is 32.1. The topological polar surface area (TPSA) is 83.0 Å². The van der Waals surface area contributed by atoms with Crippen molar-refractivity contribution in [3.8, 4) is 0 Å². The summed E-state index contributed by atoms with van der Waals surface area (Å²) in [5.74, 6) is -0.303. The van der Waals surface area contributed by atoms with Crippen molar-refractivity contribution in [3.05, 3.63) is 77.0 Å². The van der Waals surface area contributed by atoms with Crippen LogP contribution in [0, 0.1) is 13.8 Å². The van der Waals surface area contributed by atoms with Crippen molar-refractivity contribution >= 4 is 34.7 Å². The zero-order chi connectivity index (χ0) is 23.5. The van der Waals surface area contributed by atoms with Gasteiger partial charge in [0.05, 0.1) is 12.2 Å². The Bertz CT molecular complexity index is 1170. The molecule has 0 aliphatic carbocycles. The second-order valence-electron chi connectivity index (χ2n) is 7.95. The second-order valence-corrected chi connectivity index (χ2v) is 8.36. The van der Waals surface area contributed by atoms with Gasteiger partial charge in [-0.05, 0) is 49.7 Å². The van der Waals surface area contributed by atoms with E-state index in [1.807, 2.05) is 62.4 Å². The average molecular weight is 471 g/mol. The number of rotatable bonds is 4. The summed E-state index contributed by atoms with van der Waals surface area (Å²) in [6, 6.07) is 13.6. The van der Waals surface area contributed by atoms with E-state index >= 15 is 0 Å². The molecular formula is C23H24F2N6OS. The third kappa shape index (κ3) is 4.95. The Morgan fingerprint density at radius 3 is 2.64 bits per heavy atom. The Morgan fingerprint density at radius 1 is 1.18 bits per heavy atom. The van der Waals surface area contributed by atoms with Crippen LogP contribution in [0.2, 0.25) is 0 Å². The number of thiocarbonyl (C=S) groups is 1. The second kappa shape index (κ2) is 9.53. The first-order chi connectivity index (χ1) is 15.8. The van der Waals surface area contributed by atoms with Gasteiger partial charge >= 0.3 is 0 Å². The lowest BCUT2D eigenvalue weighted by Crippen LogP contribution is -2.44. The van der Waals surface area contributed by atoms with Gasteiger partial charge in [-0.2, -0.15) is 5.10 Å². The summed E-state index contributed by atoms with van der Waals surface area (Å²) >= 11 is 5.26. The molecule has 2 atom stereocenters. The fraction of sp³-hybridized carbons (Fsp3) is 0.261. The number of hydrogen-bond acceptors (Lipinski definition) is 4. The largest absolute Gasteiger partial charge is 0.363 e. The smallest absolute Gasteiger partial charge is 0.275 e. The lowest BCUT2D eigenvalue weighted by Gasteiger charge is -2.32. The third-order valence-electron chi connectivity index (χ3n) is 5.55. The molecule has 33 heavy (non-hydrogen) atoms. The van der Waals surface area contributed by atoms with E-state index in [1.165, 1.54) is 10.9 Å². The van der Waals surface area contributed by atoms with Crippen LogP contribution in [0.3, 0.4) is 0 Å². The molecule has 2 heterocycles. The van der Waals surface area contributed by atoms with Gasteiger partial charge in [0, 0.05) is 5.69 Å². The molecule has 4 rings (SSSR count). The van der Waals surface area contributed by atoms with Gasteiger partial charge < -0.3 is 10.6 Å². The van der Waals surface area contributed by atoms with E-state index < -0.39 is 18.4 Å². The Hall–Kier alpha value is -3.53. The number of halogens is 2. The van der Waals surface area contributed by atoms with Crippen molar-refractivity contribution in [1.82, 2.24) is 20.6 Å². The number of carbonyl (C=O) groups is 1. The SMILES string of the molecule is Cc1ccc(NC(=S)NNC(=O)c2cnn3c2N[C@H](c2ccccc2)C[C@@H]3C(F)F)c(C)c1. The van der Waals surface area contributed by atoms with Gasteiger partial charge in [0.25, 0.3) is 12.3 Å². The fourth-order valence-corrected chi connectivity index (χ4v) is 4.05. The molecule has 7 nitrogen and oxygen atoms in total. The molecule has 172 valence electrons. The van der Waals surface area contributed by atoms with E-state index in [0.29, 0.717) is 0 Å². The first-order valence-corrected chi connectivity index (χ1v) is 10.9. The molecule has 1 aliphatic rings. The van der Waals surface area contributed by atoms with Gasteiger partial charge in [-0.1, -0.05) is 48.0 Å². The van der Waals surface area contributed by atoms with Crippen LogP contribution < -0.4 is 21.5 Å². The van der Waals surface area contributed by atoms with Crippen LogP contribution in [0.4, 0.5) is 20.3 Å². The highest BCUT2D eigenvalue weighted by Gasteiger charge is 2.36. The van der Waals surface area contributed by atoms with Gasteiger partial charge in [0.15, 0.2) is 5.11 Å². The molecule has 0 unspecified atom stereocenters. The van der Waals surface area contributed by atoms with Crippen LogP contribution >= 0.6 is 12.2 Å². The molecule has 4 N–H and O–H groups in total.